The minimum Gasteiger partial charge on any atom is -0.481 e. The molecule has 0 heterocycles. The van der Waals surface area contributed by atoms with Gasteiger partial charge in [-0.25, -0.2) is 0 Å². The maximum Gasteiger partial charge on any atom is 0.314 e. The van der Waals surface area contributed by atoms with E-state index in [0.29, 0.717) is 17.9 Å². The lowest BCUT2D eigenvalue weighted by Gasteiger charge is -2.12. The Kier molecular flexibility index (Phi) is 2.47. The van der Waals surface area contributed by atoms with Crippen molar-refractivity contribution in [2.24, 2.45) is 0 Å². The Morgan fingerprint density at radius 3 is 2.64 bits per heavy atom. The molecule has 2 rings (SSSR count). The third kappa shape index (κ3) is 1.52. The number of hydrogen-bond donors (Lipinski definition) is 1. The lowest BCUT2D eigenvalue weighted by atomic mass is 9.96. The van der Waals surface area contributed by atoms with Crippen molar-refractivity contribution in [2.45, 2.75) is 18.3 Å². The number of halogens is 2. The summed E-state index contributed by atoms with van der Waals surface area (Å²) in [6, 6.07) is 5.51. The Morgan fingerprint density at radius 2 is 2.14 bits per heavy atom. The highest BCUT2D eigenvalue weighted by Gasteiger charge is 2.52. The van der Waals surface area contributed by atoms with Gasteiger partial charge in [-0.2, -0.15) is 0 Å². The molecular formula is C10H8ClIO2. The van der Waals surface area contributed by atoms with Gasteiger partial charge in [0.25, 0.3) is 0 Å². The summed E-state index contributed by atoms with van der Waals surface area (Å²) in [6.07, 6.45) is 1.39. The van der Waals surface area contributed by atoms with Crippen LogP contribution in [0.1, 0.15) is 18.4 Å². The first kappa shape index (κ1) is 10.2. The minimum absolute atomic E-state index is 0.560. The van der Waals surface area contributed by atoms with Gasteiger partial charge in [-0.1, -0.05) is 11.6 Å². The topological polar surface area (TPSA) is 37.3 Å². The van der Waals surface area contributed by atoms with Crippen LogP contribution in [-0.2, 0) is 10.2 Å². The van der Waals surface area contributed by atoms with E-state index in [9.17, 15) is 4.79 Å². The number of hydrogen-bond acceptors (Lipinski definition) is 1. The van der Waals surface area contributed by atoms with E-state index in [1.165, 1.54) is 0 Å². The maximum atomic E-state index is 11.1. The van der Waals surface area contributed by atoms with Crippen LogP contribution in [-0.4, -0.2) is 11.1 Å². The molecule has 1 aliphatic rings. The second kappa shape index (κ2) is 3.38. The number of benzene rings is 1. The van der Waals surface area contributed by atoms with Gasteiger partial charge in [0.1, 0.15) is 0 Å². The fraction of sp³-hybridized carbons (Fsp3) is 0.300. The van der Waals surface area contributed by atoms with Crippen molar-refractivity contribution in [3.8, 4) is 0 Å². The Labute approximate surface area is 100 Å². The molecule has 0 amide bonds. The third-order valence-electron chi connectivity index (χ3n) is 2.60. The van der Waals surface area contributed by atoms with Crippen LogP contribution in [0, 0.1) is 3.57 Å². The van der Waals surface area contributed by atoms with Gasteiger partial charge in [0.2, 0.25) is 0 Å². The average Bonchev–Trinajstić information content (AvgIpc) is 2.90. The van der Waals surface area contributed by atoms with E-state index in [2.05, 4.69) is 22.6 Å². The molecule has 1 saturated carbocycles. The van der Waals surface area contributed by atoms with Crippen molar-refractivity contribution < 1.29 is 9.90 Å². The highest BCUT2D eigenvalue weighted by atomic mass is 127. The molecule has 4 heteroatoms. The zero-order valence-electron chi connectivity index (χ0n) is 7.26. The molecule has 0 atom stereocenters. The summed E-state index contributed by atoms with van der Waals surface area (Å²) in [5.74, 6) is -0.763. The summed E-state index contributed by atoms with van der Waals surface area (Å²) in [4.78, 5) is 11.1. The number of aliphatic carboxylic acids is 1. The molecule has 1 fully saturated rings. The molecule has 1 N–H and O–H groups in total. The van der Waals surface area contributed by atoms with Crippen LogP contribution in [0.3, 0.4) is 0 Å². The van der Waals surface area contributed by atoms with Crippen LogP contribution in [0.2, 0.25) is 5.02 Å². The molecule has 0 radical (unpaired) electrons. The second-order valence-electron chi connectivity index (χ2n) is 3.51. The van der Waals surface area contributed by atoms with Gasteiger partial charge in [0, 0.05) is 8.59 Å². The van der Waals surface area contributed by atoms with E-state index < -0.39 is 11.4 Å². The molecule has 14 heavy (non-hydrogen) atoms. The van der Waals surface area contributed by atoms with Gasteiger partial charge in [0.05, 0.1) is 5.41 Å². The van der Waals surface area contributed by atoms with E-state index in [-0.39, 0.29) is 0 Å². The lowest BCUT2D eigenvalue weighted by Crippen LogP contribution is -2.20. The molecule has 0 aromatic heterocycles. The van der Waals surface area contributed by atoms with Gasteiger partial charge < -0.3 is 5.11 Å². The van der Waals surface area contributed by atoms with Gasteiger partial charge in [-0.05, 0) is 59.2 Å². The molecule has 0 unspecified atom stereocenters. The van der Waals surface area contributed by atoms with Gasteiger partial charge in [0.15, 0.2) is 0 Å². The van der Waals surface area contributed by atoms with Crippen LogP contribution in [0.15, 0.2) is 18.2 Å². The van der Waals surface area contributed by atoms with Gasteiger partial charge in [-0.15, -0.1) is 0 Å². The van der Waals surface area contributed by atoms with Crippen molar-refractivity contribution in [1.29, 1.82) is 0 Å². The average molecular weight is 323 g/mol. The molecule has 0 saturated heterocycles. The molecule has 0 aliphatic heterocycles. The molecule has 0 bridgehead atoms. The van der Waals surface area contributed by atoms with E-state index >= 15 is 0 Å². The van der Waals surface area contributed by atoms with Crippen molar-refractivity contribution in [3.63, 3.8) is 0 Å². The SMILES string of the molecule is O=C(O)C1(c2cc(I)ccc2Cl)CC1. The van der Waals surface area contributed by atoms with E-state index in [0.717, 1.165) is 9.13 Å². The first-order chi connectivity index (χ1) is 6.56. The monoisotopic (exact) mass is 322 g/mol. The predicted molar refractivity (Wildman–Crippen MR) is 62.7 cm³/mol. The Morgan fingerprint density at radius 1 is 1.50 bits per heavy atom. The largest absolute Gasteiger partial charge is 0.481 e. The second-order valence-corrected chi connectivity index (χ2v) is 5.16. The quantitative estimate of drug-likeness (QED) is 0.850. The van der Waals surface area contributed by atoms with Crippen molar-refractivity contribution in [2.75, 3.05) is 0 Å². The van der Waals surface area contributed by atoms with Crippen LogP contribution in [0.4, 0.5) is 0 Å². The summed E-state index contributed by atoms with van der Waals surface area (Å²) in [5, 5.41) is 9.67. The normalized spacial score (nSPS) is 17.9. The standard InChI is InChI=1S/C10H8ClIO2/c11-8-2-1-6(12)5-7(8)10(3-4-10)9(13)14/h1-2,5H,3-4H2,(H,13,14). The lowest BCUT2D eigenvalue weighted by molar-refractivity contribution is -0.140. The summed E-state index contributed by atoms with van der Waals surface area (Å²) in [6.45, 7) is 0. The zero-order valence-corrected chi connectivity index (χ0v) is 10.2. The third-order valence-corrected chi connectivity index (χ3v) is 3.60. The zero-order chi connectivity index (χ0) is 10.3. The van der Waals surface area contributed by atoms with E-state index in [1.807, 2.05) is 12.1 Å². The molecule has 74 valence electrons. The highest BCUT2D eigenvalue weighted by Crippen LogP contribution is 2.50. The fourth-order valence-electron chi connectivity index (χ4n) is 1.59. The van der Waals surface area contributed by atoms with Gasteiger partial charge >= 0.3 is 5.97 Å². The number of carbonyl (C=O) groups is 1. The Hall–Kier alpha value is -0.290. The Bertz CT molecular complexity index is 399. The van der Waals surface area contributed by atoms with E-state index in [4.69, 9.17) is 16.7 Å². The molecule has 1 aromatic rings. The maximum absolute atomic E-state index is 11.1. The summed E-state index contributed by atoms with van der Waals surface area (Å²) < 4.78 is 1.02. The molecule has 0 spiro atoms. The van der Waals surface area contributed by atoms with E-state index in [1.54, 1.807) is 6.07 Å². The van der Waals surface area contributed by atoms with Crippen molar-refractivity contribution in [3.05, 3.63) is 32.4 Å². The summed E-state index contributed by atoms with van der Waals surface area (Å²) in [5.41, 5.74) is 0.0664. The smallest absolute Gasteiger partial charge is 0.314 e. The summed E-state index contributed by atoms with van der Waals surface area (Å²) in [7, 11) is 0. The number of rotatable bonds is 2. The van der Waals surface area contributed by atoms with Crippen molar-refractivity contribution >= 4 is 40.2 Å². The van der Waals surface area contributed by atoms with Gasteiger partial charge in [-0.3, -0.25) is 4.79 Å². The Balaban J connectivity index is 2.51. The molecular weight excluding hydrogens is 314 g/mol. The predicted octanol–water partition coefficient (Wildman–Crippen LogP) is 3.06. The minimum atomic E-state index is -0.763. The van der Waals surface area contributed by atoms with Crippen LogP contribution >= 0.6 is 34.2 Å². The number of carboxylic acid groups (broad SMARTS) is 1. The molecule has 1 aromatic carbocycles. The van der Waals surface area contributed by atoms with Crippen LogP contribution < -0.4 is 0 Å². The first-order valence-electron chi connectivity index (χ1n) is 4.25. The first-order valence-corrected chi connectivity index (χ1v) is 5.71. The van der Waals surface area contributed by atoms with Crippen LogP contribution in [0.5, 0.6) is 0 Å². The number of carboxylic acids is 1. The summed E-state index contributed by atoms with van der Waals surface area (Å²) >= 11 is 8.16. The van der Waals surface area contributed by atoms with Crippen LogP contribution in [0.25, 0.3) is 0 Å². The highest BCUT2D eigenvalue weighted by molar-refractivity contribution is 14.1. The molecule has 2 nitrogen and oxygen atoms in total. The fourth-order valence-corrected chi connectivity index (χ4v) is 2.38. The van der Waals surface area contributed by atoms with Crippen molar-refractivity contribution in [1.82, 2.24) is 0 Å². The molecule has 1 aliphatic carbocycles.